The normalized spacial score (nSPS) is 9.08. The second-order valence-electron chi connectivity index (χ2n) is 2.80. The Hall–Kier alpha value is -1.46. The van der Waals surface area contributed by atoms with Crippen molar-refractivity contribution in [1.82, 2.24) is 0 Å². The van der Waals surface area contributed by atoms with E-state index in [2.05, 4.69) is 11.8 Å². The van der Waals surface area contributed by atoms with E-state index in [0.29, 0.717) is 6.42 Å². The summed E-state index contributed by atoms with van der Waals surface area (Å²) in [5.74, 6) is 5.83. The molecule has 3 N–H and O–H groups in total. The highest BCUT2D eigenvalue weighted by Gasteiger charge is 1.96. The van der Waals surface area contributed by atoms with Crippen molar-refractivity contribution in [2.45, 2.75) is 13.3 Å². The van der Waals surface area contributed by atoms with Gasteiger partial charge in [-0.15, -0.1) is 0 Å². The van der Waals surface area contributed by atoms with Crippen molar-refractivity contribution in [2.24, 2.45) is 0 Å². The van der Waals surface area contributed by atoms with Crippen LogP contribution in [0.5, 0.6) is 0 Å². The summed E-state index contributed by atoms with van der Waals surface area (Å²) in [6.07, 6.45) is 0.508. The third kappa shape index (κ3) is 2.50. The molecule has 1 rings (SSSR count). The van der Waals surface area contributed by atoms with Crippen molar-refractivity contribution < 1.29 is 5.11 Å². The van der Waals surface area contributed by atoms with Crippen LogP contribution in [0.4, 0.5) is 5.69 Å². The third-order valence-electron chi connectivity index (χ3n) is 1.84. The molecule has 0 radical (unpaired) electrons. The van der Waals surface area contributed by atoms with Gasteiger partial charge < -0.3 is 10.8 Å². The van der Waals surface area contributed by atoms with Gasteiger partial charge in [-0.2, -0.15) is 0 Å². The van der Waals surface area contributed by atoms with Crippen molar-refractivity contribution in [2.75, 3.05) is 12.3 Å². The van der Waals surface area contributed by atoms with Crippen LogP contribution in [0.3, 0.4) is 0 Å². The fourth-order valence-corrected chi connectivity index (χ4v) is 1.00. The average molecular weight is 175 g/mol. The molecule has 0 heterocycles. The smallest absolute Gasteiger partial charge is 0.0540 e. The first-order valence-electron chi connectivity index (χ1n) is 4.20. The monoisotopic (exact) mass is 175 g/mol. The first-order chi connectivity index (χ1) is 6.25. The Balaban J connectivity index is 2.91. The van der Waals surface area contributed by atoms with Crippen LogP contribution < -0.4 is 5.73 Å². The van der Waals surface area contributed by atoms with E-state index >= 15 is 0 Å². The summed E-state index contributed by atoms with van der Waals surface area (Å²) in [5, 5.41) is 8.54. The molecule has 68 valence electrons. The molecule has 2 heteroatoms. The van der Waals surface area contributed by atoms with E-state index in [1.807, 2.05) is 25.1 Å². The summed E-state index contributed by atoms with van der Waals surface area (Å²) in [6, 6.07) is 5.66. The average Bonchev–Trinajstić information content (AvgIpc) is 2.13. The second-order valence-corrected chi connectivity index (χ2v) is 2.80. The summed E-state index contributed by atoms with van der Waals surface area (Å²) in [6.45, 7) is 2.05. The highest BCUT2D eigenvalue weighted by Crippen LogP contribution is 2.13. The first-order valence-corrected chi connectivity index (χ1v) is 4.20. The van der Waals surface area contributed by atoms with Gasteiger partial charge in [-0.1, -0.05) is 17.9 Å². The van der Waals surface area contributed by atoms with Crippen molar-refractivity contribution in [3.05, 3.63) is 29.3 Å². The van der Waals surface area contributed by atoms with Gasteiger partial charge in [0.1, 0.15) is 0 Å². The van der Waals surface area contributed by atoms with Crippen molar-refractivity contribution in [1.29, 1.82) is 0 Å². The van der Waals surface area contributed by atoms with E-state index in [9.17, 15) is 0 Å². The van der Waals surface area contributed by atoms with E-state index < -0.39 is 0 Å². The number of benzene rings is 1. The predicted octanol–water partition coefficient (Wildman–Crippen LogP) is 1.31. The molecule has 0 atom stereocenters. The molecule has 13 heavy (non-hydrogen) atoms. The number of anilines is 1. The zero-order valence-electron chi connectivity index (χ0n) is 7.67. The molecule has 0 saturated carbocycles. The topological polar surface area (TPSA) is 46.2 Å². The summed E-state index contributed by atoms with van der Waals surface area (Å²) in [7, 11) is 0. The minimum Gasteiger partial charge on any atom is -0.398 e. The number of hydrogen-bond acceptors (Lipinski definition) is 2. The molecule has 1 aromatic rings. The Labute approximate surface area is 78.4 Å². The lowest BCUT2D eigenvalue weighted by Gasteiger charge is -2.00. The highest BCUT2D eigenvalue weighted by atomic mass is 16.2. The van der Waals surface area contributed by atoms with Gasteiger partial charge in [0, 0.05) is 17.7 Å². The van der Waals surface area contributed by atoms with Gasteiger partial charge in [-0.05, 0) is 24.6 Å². The van der Waals surface area contributed by atoms with Gasteiger partial charge in [0.05, 0.1) is 6.61 Å². The molecule has 0 aliphatic carbocycles. The number of aliphatic hydroxyl groups is 1. The summed E-state index contributed by atoms with van der Waals surface area (Å²) in [4.78, 5) is 0. The Morgan fingerprint density at radius 1 is 1.46 bits per heavy atom. The van der Waals surface area contributed by atoms with Gasteiger partial charge in [-0.3, -0.25) is 0 Å². The highest BCUT2D eigenvalue weighted by molar-refractivity contribution is 5.55. The van der Waals surface area contributed by atoms with Crippen LogP contribution in [-0.2, 0) is 0 Å². The van der Waals surface area contributed by atoms with Crippen LogP contribution in [0.25, 0.3) is 0 Å². The Kier molecular flexibility index (Phi) is 3.36. The fraction of sp³-hybridized carbons (Fsp3) is 0.273. The molecule has 1 aromatic carbocycles. The molecule has 0 spiro atoms. The molecule has 0 aliphatic rings. The molecule has 0 bridgehead atoms. The summed E-state index contributed by atoms with van der Waals surface area (Å²) >= 11 is 0. The molecule has 0 amide bonds. The van der Waals surface area contributed by atoms with Crippen molar-refractivity contribution >= 4 is 5.69 Å². The molecule has 2 nitrogen and oxygen atoms in total. The molecule has 0 aliphatic heterocycles. The largest absolute Gasteiger partial charge is 0.398 e. The summed E-state index contributed by atoms with van der Waals surface area (Å²) in [5.41, 5.74) is 8.41. The maximum Gasteiger partial charge on any atom is 0.0540 e. The molecule has 0 fully saturated rings. The number of rotatable bonds is 1. The Morgan fingerprint density at radius 3 is 2.92 bits per heavy atom. The van der Waals surface area contributed by atoms with Crippen LogP contribution in [0.15, 0.2) is 18.2 Å². The second kappa shape index (κ2) is 4.54. The standard InChI is InChI=1S/C11H13NO/c1-9-10(5-2-3-8-13)6-4-7-11(9)12/h4,6-7,13H,3,8,12H2,1H3. The Morgan fingerprint density at radius 2 is 2.23 bits per heavy atom. The molecule has 0 saturated heterocycles. The zero-order valence-corrected chi connectivity index (χ0v) is 7.67. The van der Waals surface area contributed by atoms with E-state index in [1.54, 1.807) is 0 Å². The van der Waals surface area contributed by atoms with Gasteiger partial charge in [0.2, 0.25) is 0 Å². The SMILES string of the molecule is Cc1c(N)cccc1C#CCCO. The zero-order chi connectivity index (χ0) is 9.68. The van der Waals surface area contributed by atoms with Gasteiger partial charge in [0.15, 0.2) is 0 Å². The maximum absolute atomic E-state index is 8.54. The lowest BCUT2D eigenvalue weighted by atomic mass is 10.1. The number of aliphatic hydroxyl groups excluding tert-OH is 1. The van der Waals surface area contributed by atoms with Crippen LogP contribution in [0.2, 0.25) is 0 Å². The Bertz CT molecular complexity index is 347. The quantitative estimate of drug-likeness (QED) is 0.499. The number of nitrogen functional groups attached to an aromatic ring is 1. The van der Waals surface area contributed by atoms with Gasteiger partial charge in [-0.25, -0.2) is 0 Å². The van der Waals surface area contributed by atoms with Crippen molar-refractivity contribution in [3.63, 3.8) is 0 Å². The van der Waals surface area contributed by atoms with Crippen molar-refractivity contribution in [3.8, 4) is 11.8 Å². The van der Waals surface area contributed by atoms with Crippen LogP contribution in [0.1, 0.15) is 17.5 Å². The molecular weight excluding hydrogens is 162 g/mol. The van der Waals surface area contributed by atoms with Gasteiger partial charge in [0.25, 0.3) is 0 Å². The number of nitrogens with two attached hydrogens (primary N) is 1. The van der Waals surface area contributed by atoms with Gasteiger partial charge >= 0.3 is 0 Å². The summed E-state index contributed by atoms with van der Waals surface area (Å²) < 4.78 is 0. The lowest BCUT2D eigenvalue weighted by molar-refractivity contribution is 0.305. The van der Waals surface area contributed by atoms with Crippen LogP contribution in [-0.4, -0.2) is 11.7 Å². The molecule has 0 unspecified atom stereocenters. The molecular formula is C11H13NO. The third-order valence-corrected chi connectivity index (χ3v) is 1.84. The minimum atomic E-state index is 0.106. The lowest BCUT2D eigenvalue weighted by Crippen LogP contribution is -1.91. The van der Waals surface area contributed by atoms with E-state index in [0.717, 1.165) is 16.8 Å². The first kappa shape index (κ1) is 9.63. The minimum absolute atomic E-state index is 0.106. The fourth-order valence-electron chi connectivity index (χ4n) is 1.00. The van der Waals surface area contributed by atoms with Crippen LogP contribution >= 0.6 is 0 Å². The van der Waals surface area contributed by atoms with E-state index in [1.165, 1.54) is 0 Å². The predicted molar refractivity (Wildman–Crippen MR) is 54.2 cm³/mol. The number of hydrogen-bond donors (Lipinski definition) is 2. The van der Waals surface area contributed by atoms with Crippen LogP contribution in [0, 0.1) is 18.8 Å². The van der Waals surface area contributed by atoms with E-state index in [4.69, 9.17) is 10.8 Å². The van der Waals surface area contributed by atoms with E-state index in [-0.39, 0.29) is 6.61 Å². The maximum atomic E-state index is 8.54. The molecule has 0 aromatic heterocycles.